The highest BCUT2D eigenvalue weighted by atomic mass is 33.1. The number of ether oxygens (including phenoxy) is 1. The number of rotatable bonds is 17. The number of nitrogen functional groups attached to an aromatic ring is 1. The number of hydrogen-bond acceptors (Lipinski definition) is 14. The standard InChI is InChI=1S/C30H31N9O9S2/c31-29-38-24-23(26(42)39-29)35-18(12-34-24)11-33-17-7-5-15(6-8-17)25(41)37-19(27(43)44)9-10-22(40)36-20(28(45)46)14-49-50-21-4-2-1-3-16(21)13-48-30(32)47/h1-8,12,19-20,33H,9-11,13-14H2,(H2,32,47)(H,36,40)(H,37,41)(H,43,44)(H,45,46)(H3,31,34,38,39,42). The van der Waals surface area contributed by atoms with Gasteiger partial charge in [-0.05, 0) is 36.8 Å². The molecule has 0 saturated heterocycles. The van der Waals surface area contributed by atoms with E-state index in [0.29, 0.717) is 21.8 Å². The molecule has 0 radical (unpaired) electrons. The maximum Gasteiger partial charge on any atom is 0.404 e. The smallest absolute Gasteiger partial charge is 0.404 e. The van der Waals surface area contributed by atoms with E-state index in [9.17, 15) is 39.0 Å². The lowest BCUT2D eigenvalue weighted by Crippen LogP contribution is -2.44. The molecular formula is C30H31N9O9S2. The van der Waals surface area contributed by atoms with Crippen LogP contribution in [0, 0.1) is 0 Å². The number of primary amides is 1. The number of carboxylic acids is 2. The number of carboxylic acid groups (broad SMARTS) is 2. The highest BCUT2D eigenvalue weighted by Gasteiger charge is 2.25. The Hall–Kier alpha value is -5.89. The molecule has 4 aromatic rings. The zero-order chi connectivity index (χ0) is 36.2. The average molecular weight is 726 g/mol. The number of aromatic amines is 1. The van der Waals surface area contributed by atoms with Crippen LogP contribution < -0.4 is 33.0 Å². The number of carbonyl (C=O) groups is 5. The van der Waals surface area contributed by atoms with Crippen LogP contribution in [-0.2, 0) is 32.3 Å². The molecule has 3 amide bonds. The van der Waals surface area contributed by atoms with Gasteiger partial charge in [-0.15, -0.1) is 0 Å². The summed E-state index contributed by atoms with van der Waals surface area (Å²) in [7, 11) is 2.36. The number of nitrogens with two attached hydrogens (primary N) is 2. The number of nitrogens with zero attached hydrogens (tertiary/aromatic N) is 3. The van der Waals surface area contributed by atoms with E-state index in [1.165, 1.54) is 29.1 Å². The van der Waals surface area contributed by atoms with Gasteiger partial charge in [-0.3, -0.25) is 19.4 Å². The van der Waals surface area contributed by atoms with E-state index in [-0.39, 0.29) is 54.4 Å². The molecule has 0 saturated carbocycles. The van der Waals surface area contributed by atoms with Gasteiger partial charge in [0.15, 0.2) is 11.2 Å². The maximum atomic E-state index is 12.8. The van der Waals surface area contributed by atoms with Crippen molar-refractivity contribution in [1.82, 2.24) is 30.6 Å². The van der Waals surface area contributed by atoms with Crippen molar-refractivity contribution in [2.45, 2.75) is 43.0 Å². The van der Waals surface area contributed by atoms with Crippen molar-refractivity contribution in [2.24, 2.45) is 5.73 Å². The van der Waals surface area contributed by atoms with Crippen molar-refractivity contribution in [3.05, 3.63) is 81.9 Å². The Kier molecular flexibility index (Phi) is 12.9. The Balaban J connectivity index is 1.25. The van der Waals surface area contributed by atoms with Crippen LogP contribution in [0.4, 0.5) is 16.4 Å². The molecule has 4 rings (SSSR count). The molecule has 50 heavy (non-hydrogen) atoms. The summed E-state index contributed by atoms with van der Waals surface area (Å²) in [6.07, 6.45) is -0.174. The van der Waals surface area contributed by atoms with Crippen LogP contribution in [-0.4, -0.2) is 77.8 Å². The number of aromatic nitrogens is 4. The lowest BCUT2D eigenvalue weighted by atomic mass is 10.1. The van der Waals surface area contributed by atoms with Gasteiger partial charge in [0.25, 0.3) is 11.5 Å². The van der Waals surface area contributed by atoms with Gasteiger partial charge >= 0.3 is 18.0 Å². The monoisotopic (exact) mass is 725 g/mol. The largest absolute Gasteiger partial charge is 0.480 e. The zero-order valence-corrected chi connectivity index (χ0v) is 27.6. The molecule has 2 atom stereocenters. The highest BCUT2D eigenvalue weighted by molar-refractivity contribution is 8.76. The first-order valence-corrected chi connectivity index (χ1v) is 16.9. The number of H-pyrrole nitrogens is 1. The number of amides is 3. The van der Waals surface area contributed by atoms with Gasteiger partial charge in [-0.2, -0.15) is 4.98 Å². The van der Waals surface area contributed by atoms with Crippen LogP contribution in [0.15, 0.2) is 64.4 Å². The lowest BCUT2D eigenvalue weighted by Gasteiger charge is -2.17. The van der Waals surface area contributed by atoms with E-state index < -0.39 is 47.5 Å². The Morgan fingerprint density at radius 1 is 0.960 bits per heavy atom. The predicted octanol–water partition coefficient (Wildman–Crippen LogP) is 1.48. The van der Waals surface area contributed by atoms with Gasteiger partial charge < -0.3 is 42.4 Å². The topological polar surface area (TPSA) is 295 Å². The molecule has 2 aromatic heterocycles. The number of nitrogens with one attached hydrogen (secondary N) is 4. The molecule has 2 heterocycles. The number of hydrogen-bond donors (Lipinski definition) is 8. The second kappa shape index (κ2) is 17.5. The fourth-order valence-corrected chi connectivity index (χ4v) is 6.63. The Morgan fingerprint density at radius 3 is 2.38 bits per heavy atom. The second-order valence-electron chi connectivity index (χ2n) is 10.4. The van der Waals surface area contributed by atoms with Crippen LogP contribution in [0.5, 0.6) is 0 Å². The van der Waals surface area contributed by atoms with Gasteiger partial charge in [-0.1, -0.05) is 39.8 Å². The highest BCUT2D eigenvalue weighted by Crippen LogP contribution is 2.34. The quantitative estimate of drug-likeness (QED) is 0.0715. The first-order chi connectivity index (χ1) is 23.9. The Bertz CT molecular complexity index is 1940. The molecule has 20 heteroatoms. The third-order valence-electron chi connectivity index (χ3n) is 6.73. The summed E-state index contributed by atoms with van der Waals surface area (Å²) in [5.74, 6) is -4.19. The minimum absolute atomic E-state index is 0.0278. The van der Waals surface area contributed by atoms with Gasteiger partial charge in [0.2, 0.25) is 11.9 Å². The maximum absolute atomic E-state index is 12.8. The minimum atomic E-state index is -1.43. The van der Waals surface area contributed by atoms with Crippen molar-refractivity contribution < 1.29 is 38.9 Å². The number of anilines is 2. The van der Waals surface area contributed by atoms with E-state index >= 15 is 0 Å². The summed E-state index contributed by atoms with van der Waals surface area (Å²) in [5, 5.41) is 27.1. The number of carbonyl (C=O) groups excluding carboxylic acids is 3. The molecule has 18 nitrogen and oxygen atoms in total. The van der Waals surface area contributed by atoms with Crippen LogP contribution >= 0.6 is 21.6 Å². The Morgan fingerprint density at radius 2 is 1.68 bits per heavy atom. The third kappa shape index (κ3) is 10.8. The lowest BCUT2D eigenvalue weighted by molar-refractivity contribution is -0.142. The van der Waals surface area contributed by atoms with E-state index in [0.717, 1.165) is 10.8 Å². The fourth-order valence-electron chi connectivity index (χ4n) is 4.22. The van der Waals surface area contributed by atoms with Gasteiger partial charge in [0.05, 0.1) is 18.4 Å². The number of benzene rings is 2. The summed E-state index contributed by atoms with van der Waals surface area (Å²) >= 11 is 0. The summed E-state index contributed by atoms with van der Waals surface area (Å²) < 4.78 is 4.82. The third-order valence-corrected chi connectivity index (χ3v) is 9.20. The molecule has 2 aromatic carbocycles. The molecule has 10 N–H and O–H groups in total. The molecule has 262 valence electrons. The normalized spacial score (nSPS) is 12.0. The Labute approximate surface area is 290 Å². The molecule has 2 unspecified atom stereocenters. The summed E-state index contributed by atoms with van der Waals surface area (Å²) in [6.45, 7) is 0.120. The summed E-state index contributed by atoms with van der Waals surface area (Å²) in [6, 6.07) is 10.3. The molecule has 0 aliphatic rings. The first-order valence-electron chi connectivity index (χ1n) is 14.6. The molecule has 0 fully saturated rings. The molecular weight excluding hydrogens is 695 g/mol. The van der Waals surface area contributed by atoms with Crippen LogP contribution in [0.3, 0.4) is 0 Å². The zero-order valence-electron chi connectivity index (χ0n) is 26.0. The van der Waals surface area contributed by atoms with Crippen LogP contribution in [0.1, 0.15) is 34.5 Å². The van der Waals surface area contributed by atoms with Crippen LogP contribution in [0.2, 0.25) is 0 Å². The number of aliphatic carboxylic acids is 2. The van der Waals surface area contributed by atoms with E-state index in [2.05, 4.69) is 35.9 Å². The van der Waals surface area contributed by atoms with Crippen molar-refractivity contribution in [1.29, 1.82) is 0 Å². The minimum Gasteiger partial charge on any atom is -0.480 e. The van der Waals surface area contributed by atoms with E-state index in [1.807, 2.05) is 0 Å². The first kappa shape index (κ1) is 36.9. The molecule has 0 aliphatic carbocycles. The van der Waals surface area contributed by atoms with Crippen molar-refractivity contribution >= 4 is 74.2 Å². The van der Waals surface area contributed by atoms with Gasteiger partial charge in [0.1, 0.15) is 18.7 Å². The summed E-state index contributed by atoms with van der Waals surface area (Å²) in [4.78, 5) is 87.3. The van der Waals surface area contributed by atoms with E-state index in [4.69, 9.17) is 16.2 Å². The molecule has 0 spiro atoms. The van der Waals surface area contributed by atoms with Crippen molar-refractivity contribution in [3.8, 4) is 0 Å². The fraction of sp³-hybridized carbons (Fsp3) is 0.233. The van der Waals surface area contributed by atoms with E-state index in [1.54, 1.807) is 36.4 Å². The number of fused-ring (bicyclic) bond motifs is 1. The van der Waals surface area contributed by atoms with Crippen molar-refractivity contribution in [2.75, 3.05) is 16.8 Å². The predicted molar refractivity (Wildman–Crippen MR) is 183 cm³/mol. The average Bonchev–Trinajstić information content (AvgIpc) is 3.08. The van der Waals surface area contributed by atoms with Crippen LogP contribution in [0.25, 0.3) is 11.2 Å². The summed E-state index contributed by atoms with van der Waals surface area (Å²) in [5.41, 5.74) is 12.0. The SMILES string of the molecule is NC(=O)OCc1ccccc1SSCC(NC(=O)CCC(NC(=O)c1ccc(NCc2cnc3nc(N)[nH]c(=O)c3n2)cc1)C(=O)O)C(=O)O. The molecule has 0 aliphatic heterocycles. The van der Waals surface area contributed by atoms with Crippen molar-refractivity contribution in [3.63, 3.8) is 0 Å². The molecule has 0 bridgehead atoms. The second-order valence-corrected chi connectivity index (χ2v) is 12.7. The van der Waals surface area contributed by atoms with Gasteiger partial charge in [-0.25, -0.2) is 24.4 Å². The van der Waals surface area contributed by atoms with Gasteiger partial charge in [0, 0.05) is 33.9 Å².